The number of ether oxygens (including phenoxy) is 1. The Morgan fingerprint density at radius 3 is 2.26 bits per heavy atom. The van der Waals surface area contributed by atoms with Crippen LogP contribution in [0.4, 0.5) is 8.78 Å². The highest BCUT2D eigenvalue weighted by Gasteiger charge is 2.10. The van der Waals surface area contributed by atoms with Gasteiger partial charge in [-0.2, -0.15) is 0 Å². The molecule has 2 N–H and O–H groups in total. The van der Waals surface area contributed by atoms with Crippen LogP contribution in [0.15, 0.2) is 42.5 Å². The first-order chi connectivity index (χ1) is 9.06. The Hall–Kier alpha value is -1.92. The largest absolute Gasteiger partial charge is 0.489 e. The van der Waals surface area contributed by atoms with Crippen molar-refractivity contribution in [3.8, 4) is 5.75 Å². The molecule has 0 aliphatic rings. The maximum Gasteiger partial charge on any atom is 0.488 e. The van der Waals surface area contributed by atoms with Gasteiger partial charge in [-0.3, -0.25) is 0 Å². The van der Waals surface area contributed by atoms with Gasteiger partial charge in [0.05, 0.1) is 0 Å². The van der Waals surface area contributed by atoms with Gasteiger partial charge in [-0.15, -0.1) is 0 Å². The number of rotatable bonds is 4. The van der Waals surface area contributed by atoms with Crippen molar-refractivity contribution in [3.63, 3.8) is 0 Å². The van der Waals surface area contributed by atoms with E-state index in [4.69, 9.17) is 14.8 Å². The summed E-state index contributed by atoms with van der Waals surface area (Å²) in [7, 11) is -1.54. The number of halogens is 2. The van der Waals surface area contributed by atoms with Crippen LogP contribution >= 0.6 is 0 Å². The van der Waals surface area contributed by atoms with Crippen molar-refractivity contribution in [2.75, 3.05) is 0 Å². The number of benzene rings is 2. The lowest BCUT2D eigenvalue weighted by Crippen LogP contribution is -2.29. The average molecular weight is 264 g/mol. The average Bonchev–Trinajstić information content (AvgIpc) is 2.38. The van der Waals surface area contributed by atoms with Gasteiger partial charge in [0.1, 0.15) is 24.0 Å². The first-order valence-electron chi connectivity index (χ1n) is 5.59. The Balaban J connectivity index is 2.02. The molecule has 3 nitrogen and oxygen atoms in total. The molecule has 0 unspecified atom stereocenters. The molecule has 0 amide bonds. The van der Waals surface area contributed by atoms with Gasteiger partial charge in [0, 0.05) is 11.6 Å². The number of hydrogen-bond acceptors (Lipinski definition) is 3. The van der Waals surface area contributed by atoms with Crippen LogP contribution in [0.1, 0.15) is 5.56 Å². The molecule has 2 aromatic carbocycles. The van der Waals surface area contributed by atoms with E-state index in [-0.39, 0.29) is 12.2 Å². The zero-order valence-corrected chi connectivity index (χ0v) is 9.88. The first kappa shape index (κ1) is 13.5. The van der Waals surface area contributed by atoms with E-state index in [1.807, 2.05) is 0 Å². The van der Waals surface area contributed by atoms with Crippen molar-refractivity contribution in [2.24, 2.45) is 0 Å². The molecule has 0 saturated heterocycles. The van der Waals surface area contributed by atoms with Crippen LogP contribution in [0.3, 0.4) is 0 Å². The molecule has 2 rings (SSSR count). The summed E-state index contributed by atoms with van der Waals surface area (Å²) >= 11 is 0. The summed E-state index contributed by atoms with van der Waals surface area (Å²) in [5.41, 5.74) is 0.577. The van der Waals surface area contributed by atoms with Gasteiger partial charge in [0.15, 0.2) is 0 Å². The molecule has 0 heterocycles. The van der Waals surface area contributed by atoms with Crippen LogP contribution in [0.25, 0.3) is 0 Å². The van der Waals surface area contributed by atoms with E-state index < -0.39 is 18.8 Å². The lowest BCUT2D eigenvalue weighted by atomic mass is 9.80. The molecule has 2 aromatic rings. The van der Waals surface area contributed by atoms with Crippen molar-refractivity contribution in [3.05, 3.63) is 59.7 Å². The standard InChI is InChI=1S/C13H11BF2O3/c15-11-4-1-9(13(16)7-11)8-19-12-5-2-10(3-6-12)14(17)18/h1-7,17-18H,8H2. The van der Waals surface area contributed by atoms with Crippen LogP contribution < -0.4 is 10.2 Å². The SMILES string of the molecule is OB(O)c1ccc(OCc2ccc(F)cc2F)cc1. The van der Waals surface area contributed by atoms with Gasteiger partial charge in [0.25, 0.3) is 0 Å². The molecule has 0 spiro atoms. The maximum atomic E-state index is 13.3. The summed E-state index contributed by atoms with van der Waals surface area (Å²) in [6.45, 7) is -0.0346. The summed E-state index contributed by atoms with van der Waals surface area (Å²) < 4.78 is 31.4. The molecule has 6 heteroatoms. The Morgan fingerprint density at radius 1 is 1.00 bits per heavy atom. The number of hydrogen-bond donors (Lipinski definition) is 2. The van der Waals surface area contributed by atoms with Crippen LogP contribution in [-0.4, -0.2) is 17.2 Å². The van der Waals surface area contributed by atoms with Crippen molar-refractivity contribution < 1.29 is 23.6 Å². The highest BCUT2D eigenvalue weighted by atomic mass is 19.1. The molecule has 0 aromatic heterocycles. The minimum Gasteiger partial charge on any atom is -0.489 e. The van der Waals surface area contributed by atoms with E-state index in [2.05, 4.69) is 0 Å². The smallest absolute Gasteiger partial charge is 0.488 e. The predicted octanol–water partition coefficient (Wildman–Crippen LogP) is 1.22. The molecule has 0 aliphatic heterocycles. The second-order valence-corrected chi connectivity index (χ2v) is 3.97. The topological polar surface area (TPSA) is 49.7 Å². The molecule has 0 saturated carbocycles. The van der Waals surface area contributed by atoms with Crippen LogP contribution in [0.2, 0.25) is 0 Å². The third-order valence-electron chi connectivity index (χ3n) is 2.59. The Morgan fingerprint density at radius 2 is 1.68 bits per heavy atom. The van der Waals surface area contributed by atoms with Crippen molar-refractivity contribution in [1.29, 1.82) is 0 Å². The third kappa shape index (κ3) is 3.53. The van der Waals surface area contributed by atoms with E-state index in [9.17, 15) is 8.78 Å². The Bertz CT molecular complexity index is 558. The summed E-state index contributed by atoms with van der Waals surface area (Å²) in [6, 6.07) is 9.32. The summed E-state index contributed by atoms with van der Waals surface area (Å²) in [4.78, 5) is 0. The molecule has 0 atom stereocenters. The molecular weight excluding hydrogens is 253 g/mol. The minimum absolute atomic E-state index is 0.0346. The molecule has 98 valence electrons. The molecule has 0 bridgehead atoms. The van der Waals surface area contributed by atoms with E-state index >= 15 is 0 Å². The molecule has 19 heavy (non-hydrogen) atoms. The van der Waals surface area contributed by atoms with E-state index in [0.717, 1.165) is 12.1 Å². The summed E-state index contributed by atoms with van der Waals surface area (Å²) in [5.74, 6) is -0.849. The Kier molecular flexibility index (Phi) is 4.14. The maximum absolute atomic E-state index is 13.3. The van der Waals surface area contributed by atoms with Gasteiger partial charge in [-0.25, -0.2) is 8.78 Å². The fourth-order valence-corrected chi connectivity index (χ4v) is 1.54. The van der Waals surface area contributed by atoms with Gasteiger partial charge in [0.2, 0.25) is 0 Å². The van der Waals surface area contributed by atoms with Crippen molar-refractivity contribution >= 4 is 12.6 Å². The second-order valence-electron chi connectivity index (χ2n) is 3.97. The molecule has 0 radical (unpaired) electrons. The minimum atomic E-state index is -1.54. The van der Waals surface area contributed by atoms with Gasteiger partial charge < -0.3 is 14.8 Å². The van der Waals surface area contributed by atoms with Crippen molar-refractivity contribution in [2.45, 2.75) is 6.61 Å². The molecular formula is C13H11BF2O3. The van der Waals surface area contributed by atoms with E-state index in [1.165, 1.54) is 30.3 Å². The summed E-state index contributed by atoms with van der Waals surface area (Å²) in [5, 5.41) is 17.8. The van der Waals surface area contributed by atoms with Crippen molar-refractivity contribution in [1.82, 2.24) is 0 Å². The normalized spacial score (nSPS) is 10.3. The second kappa shape index (κ2) is 5.82. The van der Waals surface area contributed by atoms with Gasteiger partial charge in [-0.1, -0.05) is 12.1 Å². The molecule has 0 aliphatic carbocycles. The Labute approximate surface area is 109 Å². The fourth-order valence-electron chi connectivity index (χ4n) is 1.54. The summed E-state index contributed by atoms with van der Waals surface area (Å²) in [6.07, 6.45) is 0. The quantitative estimate of drug-likeness (QED) is 0.816. The highest BCUT2D eigenvalue weighted by Crippen LogP contribution is 2.14. The predicted molar refractivity (Wildman–Crippen MR) is 67.0 cm³/mol. The van der Waals surface area contributed by atoms with Crippen LogP contribution in [-0.2, 0) is 6.61 Å². The molecule has 0 fully saturated rings. The van der Waals surface area contributed by atoms with E-state index in [1.54, 1.807) is 0 Å². The lowest BCUT2D eigenvalue weighted by molar-refractivity contribution is 0.299. The zero-order valence-electron chi connectivity index (χ0n) is 9.88. The highest BCUT2D eigenvalue weighted by molar-refractivity contribution is 6.58. The fraction of sp³-hybridized carbons (Fsp3) is 0.0769. The van der Waals surface area contributed by atoms with Crippen LogP contribution in [0.5, 0.6) is 5.75 Å². The van der Waals surface area contributed by atoms with E-state index in [0.29, 0.717) is 11.2 Å². The van der Waals surface area contributed by atoms with Crippen LogP contribution in [0, 0.1) is 11.6 Å². The monoisotopic (exact) mass is 264 g/mol. The third-order valence-corrected chi connectivity index (χ3v) is 2.59. The lowest BCUT2D eigenvalue weighted by Gasteiger charge is -2.08. The zero-order chi connectivity index (χ0) is 13.8. The first-order valence-corrected chi connectivity index (χ1v) is 5.59. The van der Waals surface area contributed by atoms with Gasteiger partial charge >= 0.3 is 7.12 Å². The van der Waals surface area contributed by atoms with Gasteiger partial charge in [-0.05, 0) is 29.7 Å².